The Morgan fingerprint density at radius 2 is 1.75 bits per heavy atom. The van der Waals surface area contributed by atoms with Crippen LogP contribution in [0.15, 0.2) is 24.3 Å². The summed E-state index contributed by atoms with van der Waals surface area (Å²) in [4.78, 5) is 26.2. The van der Waals surface area contributed by atoms with Crippen molar-refractivity contribution in [3.05, 3.63) is 34.7 Å². The fourth-order valence-electron chi connectivity index (χ4n) is 3.96. The molecule has 1 saturated heterocycles. The Balaban J connectivity index is 1.35. The first-order valence-corrected chi connectivity index (χ1v) is 12.6. The molecule has 0 atom stereocenters. The summed E-state index contributed by atoms with van der Waals surface area (Å²) in [5, 5.41) is 1.04. The van der Waals surface area contributed by atoms with Crippen LogP contribution >= 0.6 is 22.7 Å². The SMILES string of the molecule is CCN(CC)c1nc2sc(C(=O)N3CCN(Cc4ccc(OC)c(OC)c4)CC3)cc2s1. The van der Waals surface area contributed by atoms with Crippen molar-refractivity contribution in [2.45, 2.75) is 20.4 Å². The molecule has 1 amide bonds. The standard InChI is InChI=1S/C23H30N4O3S2/c1-5-26(6-2)23-24-21-19(32-23)14-20(31-21)22(28)27-11-9-25(10-12-27)15-16-7-8-17(29-3)18(13-16)30-4/h7-8,13-14H,5-6,9-12,15H2,1-4H3. The molecule has 3 heterocycles. The van der Waals surface area contributed by atoms with Gasteiger partial charge in [0.15, 0.2) is 16.6 Å². The fraction of sp³-hybridized carbons (Fsp3) is 0.478. The van der Waals surface area contributed by atoms with Crippen LogP contribution in [0.25, 0.3) is 9.53 Å². The van der Waals surface area contributed by atoms with Gasteiger partial charge in [-0.15, -0.1) is 11.3 Å². The first-order chi connectivity index (χ1) is 15.6. The highest BCUT2D eigenvalue weighted by Gasteiger charge is 2.25. The molecule has 0 unspecified atom stereocenters. The Morgan fingerprint density at radius 1 is 1.03 bits per heavy atom. The van der Waals surface area contributed by atoms with E-state index in [0.717, 1.165) is 76.9 Å². The Bertz CT molecular complexity index is 1040. The molecule has 1 aliphatic rings. The van der Waals surface area contributed by atoms with Gasteiger partial charge in [0.2, 0.25) is 0 Å². The number of thiazole rings is 1. The highest BCUT2D eigenvalue weighted by atomic mass is 32.1. The van der Waals surface area contributed by atoms with Gasteiger partial charge in [-0.05, 0) is 37.6 Å². The lowest BCUT2D eigenvalue weighted by Crippen LogP contribution is -2.48. The summed E-state index contributed by atoms with van der Waals surface area (Å²) >= 11 is 3.18. The van der Waals surface area contributed by atoms with Crippen molar-refractivity contribution < 1.29 is 14.3 Å². The summed E-state index contributed by atoms with van der Waals surface area (Å²) < 4.78 is 11.8. The minimum absolute atomic E-state index is 0.121. The summed E-state index contributed by atoms with van der Waals surface area (Å²) in [6.45, 7) is 10.2. The van der Waals surface area contributed by atoms with Crippen molar-refractivity contribution in [3.63, 3.8) is 0 Å². The number of rotatable bonds is 8. The molecule has 1 aromatic carbocycles. The van der Waals surface area contributed by atoms with Gasteiger partial charge in [-0.25, -0.2) is 4.98 Å². The number of amides is 1. The van der Waals surface area contributed by atoms with Crippen LogP contribution in [0.1, 0.15) is 29.1 Å². The van der Waals surface area contributed by atoms with Crippen LogP contribution in [-0.4, -0.2) is 74.2 Å². The van der Waals surface area contributed by atoms with Gasteiger partial charge in [0.25, 0.3) is 5.91 Å². The topological polar surface area (TPSA) is 58.1 Å². The molecule has 0 aliphatic carbocycles. The molecule has 3 aromatic rings. The molecule has 4 rings (SSSR count). The van der Waals surface area contributed by atoms with E-state index in [-0.39, 0.29) is 5.91 Å². The summed E-state index contributed by atoms with van der Waals surface area (Å²) in [5.74, 6) is 1.60. The summed E-state index contributed by atoms with van der Waals surface area (Å²) in [6, 6.07) is 8.05. The Labute approximate surface area is 197 Å². The zero-order valence-electron chi connectivity index (χ0n) is 19.1. The third-order valence-electron chi connectivity index (χ3n) is 5.84. The molecule has 172 valence electrons. The first kappa shape index (κ1) is 22.8. The number of benzene rings is 1. The van der Waals surface area contributed by atoms with Gasteiger partial charge in [-0.1, -0.05) is 17.4 Å². The molecule has 0 radical (unpaired) electrons. The van der Waals surface area contributed by atoms with Crippen molar-refractivity contribution in [2.24, 2.45) is 0 Å². The van der Waals surface area contributed by atoms with E-state index in [9.17, 15) is 4.79 Å². The molecule has 1 aliphatic heterocycles. The second kappa shape index (κ2) is 10.1. The minimum Gasteiger partial charge on any atom is -0.493 e. The maximum atomic E-state index is 13.1. The third-order valence-corrected chi connectivity index (χ3v) is 8.05. The number of hydrogen-bond acceptors (Lipinski definition) is 8. The van der Waals surface area contributed by atoms with Crippen LogP contribution < -0.4 is 14.4 Å². The maximum Gasteiger partial charge on any atom is 0.264 e. The fourth-order valence-corrected chi connectivity index (χ4v) is 6.27. The lowest BCUT2D eigenvalue weighted by Gasteiger charge is -2.34. The van der Waals surface area contributed by atoms with Crippen LogP contribution in [0.5, 0.6) is 11.5 Å². The molecule has 32 heavy (non-hydrogen) atoms. The lowest BCUT2D eigenvalue weighted by atomic mass is 10.1. The van der Waals surface area contributed by atoms with Crippen molar-refractivity contribution in [3.8, 4) is 11.5 Å². The van der Waals surface area contributed by atoms with Crippen LogP contribution in [0.3, 0.4) is 0 Å². The van der Waals surface area contributed by atoms with Crippen molar-refractivity contribution in [2.75, 3.05) is 58.4 Å². The first-order valence-electron chi connectivity index (χ1n) is 10.9. The van der Waals surface area contributed by atoms with Gasteiger partial charge in [0.1, 0.15) is 4.83 Å². The zero-order valence-corrected chi connectivity index (χ0v) is 20.7. The molecule has 7 nitrogen and oxygen atoms in total. The van der Waals surface area contributed by atoms with Gasteiger partial charge < -0.3 is 19.3 Å². The second-order valence-electron chi connectivity index (χ2n) is 7.71. The summed E-state index contributed by atoms with van der Waals surface area (Å²) in [6.07, 6.45) is 0. The predicted molar refractivity (Wildman–Crippen MR) is 132 cm³/mol. The van der Waals surface area contributed by atoms with Gasteiger partial charge in [-0.3, -0.25) is 9.69 Å². The normalized spacial score (nSPS) is 14.7. The third kappa shape index (κ3) is 4.69. The number of ether oxygens (including phenoxy) is 2. The molecule has 9 heteroatoms. The van der Waals surface area contributed by atoms with E-state index in [2.05, 4.69) is 29.7 Å². The van der Waals surface area contributed by atoms with Crippen LogP contribution in [-0.2, 0) is 6.54 Å². The highest BCUT2D eigenvalue weighted by molar-refractivity contribution is 7.29. The quantitative estimate of drug-likeness (QED) is 0.488. The van der Waals surface area contributed by atoms with E-state index >= 15 is 0 Å². The highest BCUT2D eigenvalue weighted by Crippen LogP contribution is 2.35. The number of hydrogen-bond donors (Lipinski definition) is 0. The summed E-state index contributed by atoms with van der Waals surface area (Å²) in [7, 11) is 3.30. The monoisotopic (exact) mass is 474 g/mol. The average molecular weight is 475 g/mol. The van der Waals surface area contributed by atoms with Gasteiger partial charge in [-0.2, -0.15) is 0 Å². The maximum absolute atomic E-state index is 13.1. The molecular formula is C23H30N4O3S2. The summed E-state index contributed by atoms with van der Waals surface area (Å²) in [5.41, 5.74) is 1.18. The van der Waals surface area contributed by atoms with E-state index in [0.29, 0.717) is 0 Å². The number of carbonyl (C=O) groups is 1. The zero-order chi connectivity index (χ0) is 22.7. The Kier molecular flexibility index (Phi) is 7.17. The number of carbonyl (C=O) groups excluding carboxylic acids is 1. The molecule has 0 N–H and O–H groups in total. The lowest BCUT2D eigenvalue weighted by molar-refractivity contribution is 0.0633. The average Bonchev–Trinajstić information content (AvgIpc) is 3.39. The Hall–Kier alpha value is -2.36. The van der Waals surface area contributed by atoms with Crippen LogP contribution in [0.2, 0.25) is 0 Å². The minimum atomic E-state index is 0.121. The molecule has 2 aromatic heterocycles. The van der Waals surface area contributed by atoms with E-state index in [1.165, 1.54) is 16.9 Å². The molecule has 1 fully saturated rings. The van der Waals surface area contributed by atoms with Crippen molar-refractivity contribution in [1.82, 2.24) is 14.8 Å². The smallest absolute Gasteiger partial charge is 0.264 e. The largest absolute Gasteiger partial charge is 0.493 e. The molecule has 0 bridgehead atoms. The number of anilines is 1. The molecule has 0 spiro atoms. The van der Waals surface area contributed by atoms with E-state index in [1.54, 1.807) is 25.6 Å². The van der Waals surface area contributed by atoms with Gasteiger partial charge >= 0.3 is 0 Å². The van der Waals surface area contributed by atoms with Gasteiger partial charge in [0, 0.05) is 45.8 Å². The molecule has 0 saturated carbocycles. The van der Waals surface area contributed by atoms with Crippen LogP contribution in [0, 0.1) is 0 Å². The number of nitrogens with zero attached hydrogens (tertiary/aromatic N) is 4. The number of thiophene rings is 1. The number of piperazine rings is 1. The predicted octanol–water partition coefficient (Wildman–Crippen LogP) is 4.18. The van der Waals surface area contributed by atoms with Crippen molar-refractivity contribution in [1.29, 1.82) is 0 Å². The molecular weight excluding hydrogens is 444 g/mol. The van der Waals surface area contributed by atoms with E-state index in [4.69, 9.17) is 14.5 Å². The second-order valence-corrected chi connectivity index (χ2v) is 9.75. The van der Waals surface area contributed by atoms with Crippen molar-refractivity contribution >= 4 is 43.2 Å². The number of aromatic nitrogens is 1. The van der Waals surface area contributed by atoms with Gasteiger partial charge in [0.05, 0.1) is 23.8 Å². The number of fused-ring (bicyclic) bond motifs is 1. The number of methoxy groups -OCH3 is 2. The Morgan fingerprint density at radius 3 is 2.38 bits per heavy atom. The van der Waals surface area contributed by atoms with Crippen LogP contribution in [0.4, 0.5) is 5.13 Å². The van der Waals surface area contributed by atoms with E-state index in [1.807, 2.05) is 23.1 Å². The van der Waals surface area contributed by atoms with E-state index < -0.39 is 0 Å².